The number of carbonyl (C=O) groups is 2. The van der Waals surface area contributed by atoms with Crippen LogP contribution in [0.2, 0.25) is 5.02 Å². The van der Waals surface area contributed by atoms with E-state index in [1.165, 1.54) is 0 Å². The third-order valence-corrected chi connectivity index (χ3v) is 6.43. The molecular weight excluding hydrogens is 390 g/mol. The van der Waals surface area contributed by atoms with Gasteiger partial charge in [-0.25, -0.2) is 4.98 Å². The first kappa shape index (κ1) is 19.2. The highest BCUT2D eigenvalue weighted by Gasteiger charge is 2.34. The highest BCUT2D eigenvalue weighted by Crippen LogP contribution is 2.22. The molecule has 1 aliphatic heterocycles. The van der Waals surface area contributed by atoms with Gasteiger partial charge < -0.3 is 10.2 Å². The fraction of sp³-hybridized carbons (Fsp3) is 0.389. The lowest BCUT2D eigenvalue weighted by atomic mass is 10.1. The zero-order valence-corrected chi connectivity index (χ0v) is 16.8. The lowest BCUT2D eigenvalue weighted by Gasteiger charge is -2.23. The predicted molar refractivity (Wildman–Crippen MR) is 106 cm³/mol. The van der Waals surface area contributed by atoms with E-state index in [0.29, 0.717) is 23.2 Å². The topological polar surface area (TPSA) is 62.3 Å². The first-order valence-electron chi connectivity index (χ1n) is 8.39. The number of amides is 2. The van der Waals surface area contributed by atoms with E-state index in [4.69, 9.17) is 11.6 Å². The van der Waals surface area contributed by atoms with Gasteiger partial charge in [-0.3, -0.25) is 9.59 Å². The summed E-state index contributed by atoms with van der Waals surface area (Å²) >= 11 is 9.08. The molecule has 1 fully saturated rings. The maximum absolute atomic E-state index is 12.6. The molecule has 138 valence electrons. The maximum atomic E-state index is 12.6. The highest BCUT2D eigenvalue weighted by atomic mass is 35.5. The zero-order valence-electron chi connectivity index (χ0n) is 14.4. The van der Waals surface area contributed by atoms with Gasteiger partial charge in [0.05, 0.1) is 29.5 Å². The van der Waals surface area contributed by atoms with E-state index in [9.17, 15) is 9.59 Å². The van der Waals surface area contributed by atoms with Gasteiger partial charge in [0, 0.05) is 16.2 Å². The summed E-state index contributed by atoms with van der Waals surface area (Å²) in [6, 6.07) is 6.79. The summed E-state index contributed by atoms with van der Waals surface area (Å²) in [4.78, 5) is 31.3. The van der Waals surface area contributed by atoms with Gasteiger partial charge in [-0.2, -0.15) is 0 Å². The SMILES string of the molecule is CCc1nc(CNC(=O)[C@@H]2CSCN2C(=O)Cc2ccc(Cl)cc2)cs1. The standard InChI is InChI=1S/C18H20ClN3O2S2/c1-2-16-21-14(9-26-16)8-20-18(24)15-10-25-11-22(15)17(23)7-12-3-5-13(19)6-4-12/h3-6,9,15H,2,7-8,10-11H2,1H3,(H,20,24)/t15-/m0/s1. The fourth-order valence-electron chi connectivity index (χ4n) is 2.67. The van der Waals surface area contributed by atoms with Crippen molar-refractivity contribution in [2.75, 3.05) is 11.6 Å². The summed E-state index contributed by atoms with van der Waals surface area (Å²) in [6.07, 6.45) is 1.16. The summed E-state index contributed by atoms with van der Waals surface area (Å²) in [5, 5.41) is 6.58. The number of aromatic nitrogens is 1. The van der Waals surface area contributed by atoms with Crippen LogP contribution in [0.5, 0.6) is 0 Å². The normalized spacial score (nSPS) is 16.7. The Labute approximate surface area is 166 Å². The molecule has 1 aromatic heterocycles. The third kappa shape index (κ3) is 4.78. The Morgan fingerprint density at radius 1 is 1.35 bits per heavy atom. The minimum Gasteiger partial charge on any atom is -0.349 e. The number of carbonyl (C=O) groups excluding carboxylic acids is 2. The van der Waals surface area contributed by atoms with Crippen molar-refractivity contribution in [1.82, 2.24) is 15.2 Å². The van der Waals surface area contributed by atoms with Crippen LogP contribution in [0.15, 0.2) is 29.6 Å². The smallest absolute Gasteiger partial charge is 0.244 e. The Kier molecular flexibility index (Phi) is 6.56. The Balaban J connectivity index is 1.56. The van der Waals surface area contributed by atoms with E-state index in [0.717, 1.165) is 22.7 Å². The Morgan fingerprint density at radius 3 is 2.81 bits per heavy atom. The molecule has 1 aromatic carbocycles. The summed E-state index contributed by atoms with van der Waals surface area (Å²) in [7, 11) is 0. The van der Waals surface area contributed by atoms with Crippen LogP contribution in [0.25, 0.3) is 0 Å². The monoisotopic (exact) mass is 409 g/mol. The van der Waals surface area contributed by atoms with Crippen LogP contribution in [0.3, 0.4) is 0 Å². The van der Waals surface area contributed by atoms with Crippen molar-refractivity contribution in [2.24, 2.45) is 0 Å². The molecule has 2 aromatic rings. The second-order valence-corrected chi connectivity index (χ2v) is 8.37. The average Bonchev–Trinajstić information content (AvgIpc) is 3.31. The molecule has 0 aliphatic carbocycles. The number of nitrogens with zero attached hydrogens (tertiary/aromatic N) is 2. The van der Waals surface area contributed by atoms with Crippen molar-refractivity contribution < 1.29 is 9.59 Å². The van der Waals surface area contributed by atoms with Crippen LogP contribution in [0, 0.1) is 0 Å². The fourth-order valence-corrected chi connectivity index (χ4v) is 4.72. The molecule has 26 heavy (non-hydrogen) atoms. The minimum atomic E-state index is -0.427. The number of benzene rings is 1. The molecule has 5 nitrogen and oxygen atoms in total. The first-order valence-corrected chi connectivity index (χ1v) is 10.8. The quantitative estimate of drug-likeness (QED) is 0.796. The molecule has 2 heterocycles. The van der Waals surface area contributed by atoms with E-state index in [1.54, 1.807) is 40.1 Å². The summed E-state index contributed by atoms with van der Waals surface area (Å²) in [5.74, 6) is 1.00. The van der Waals surface area contributed by atoms with Gasteiger partial charge in [-0.05, 0) is 24.1 Å². The van der Waals surface area contributed by atoms with Gasteiger partial charge in [-0.1, -0.05) is 30.7 Å². The Hall–Kier alpha value is -1.57. The molecule has 1 N–H and O–H groups in total. The number of aryl methyl sites for hydroxylation is 1. The number of hydrogen-bond acceptors (Lipinski definition) is 5. The summed E-state index contributed by atoms with van der Waals surface area (Å²) in [6.45, 7) is 2.46. The number of rotatable bonds is 6. The summed E-state index contributed by atoms with van der Waals surface area (Å²) < 4.78 is 0. The number of hydrogen-bond donors (Lipinski definition) is 1. The van der Waals surface area contributed by atoms with Crippen molar-refractivity contribution in [2.45, 2.75) is 32.4 Å². The van der Waals surface area contributed by atoms with Crippen LogP contribution in [0.1, 0.15) is 23.2 Å². The molecule has 1 saturated heterocycles. The highest BCUT2D eigenvalue weighted by molar-refractivity contribution is 7.99. The molecule has 3 rings (SSSR count). The van der Waals surface area contributed by atoms with Gasteiger partial charge in [0.25, 0.3) is 0 Å². The molecular formula is C18H20ClN3O2S2. The van der Waals surface area contributed by atoms with Crippen molar-refractivity contribution in [3.8, 4) is 0 Å². The minimum absolute atomic E-state index is 0.0422. The van der Waals surface area contributed by atoms with Crippen molar-refractivity contribution >= 4 is 46.5 Å². The van der Waals surface area contributed by atoms with E-state index in [-0.39, 0.29) is 18.2 Å². The average molecular weight is 410 g/mol. The molecule has 1 aliphatic rings. The van der Waals surface area contributed by atoms with Gasteiger partial charge in [0.15, 0.2) is 0 Å². The Morgan fingerprint density at radius 2 is 2.12 bits per heavy atom. The predicted octanol–water partition coefficient (Wildman–Crippen LogP) is 3.12. The largest absolute Gasteiger partial charge is 0.349 e. The maximum Gasteiger partial charge on any atom is 0.244 e. The van der Waals surface area contributed by atoms with Crippen molar-refractivity contribution in [3.63, 3.8) is 0 Å². The first-order chi connectivity index (χ1) is 12.6. The molecule has 0 saturated carbocycles. The van der Waals surface area contributed by atoms with E-state index < -0.39 is 6.04 Å². The van der Waals surface area contributed by atoms with Gasteiger partial charge >= 0.3 is 0 Å². The number of thioether (sulfide) groups is 1. The molecule has 0 bridgehead atoms. The van der Waals surface area contributed by atoms with Crippen molar-refractivity contribution in [1.29, 1.82) is 0 Å². The molecule has 2 amide bonds. The molecule has 0 spiro atoms. The number of halogens is 1. The zero-order chi connectivity index (χ0) is 18.5. The Bertz CT molecular complexity index is 779. The van der Waals surface area contributed by atoms with Crippen LogP contribution >= 0.6 is 34.7 Å². The van der Waals surface area contributed by atoms with E-state index >= 15 is 0 Å². The van der Waals surface area contributed by atoms with Crippen LogP contribution < -0.4 is 5.32 Å². The van der Waals surface area contributed by atoms with Crippen LogP contribution in [0.4, 0.5) is 0 Å². The lowest BCUT2D eigenvalue weighted by molar-refractivity contribution is -0.137. The van der Waals surface area contributed by atoms with Gasteiger partial charge in [0.1, 0.15) is 6.04 Å². The van der Waals surface area contributed by atoms with Crippen molar-refractivity contribution in [3.05, 3.63) is 50.9 Å². The van der Waals surface area contributed by atoms with Gasteiger partial charge in [0.2, 0.25) is 11.8 Å². The van der Waals surface area contributed by atoms with E-state index in [1.807, 2.05) is 17.5 Å². The molecule has 1 atom stereocenters. The van der Waals surface area contributed by atoms with Gasteiger partial charge in [-0.15, -0.1) is 23.1 Å². The molecule has 0 unspecified atom stereocenters. The second-order valence-electron chi connectivity index (χ2n) is 5.99. The van der Waals surface area contributed by atoms with Crippen LogP contribution in [-0.2, 0) is 29.0 Å². The molecule has 8 heteroatoms. The number of thiazole rings is 1. The number of nitrogens with one attached hydrogen (secondary N) is 1. The second kappa shape index (κ2) is 8.88. The third-order valence-electron chi connectivity index (χ3n) is 4.12. The van der Waals surface area contributed by atoms with E-state index in [2.05, 4.69) is 17.2 Å². The summed E-state index contributed by atoms with van der Waals surface area (Å²) in [5.41, 5.74) is 1.76. The lowest BCUT2D eigenvalue weighted by Crippen LogP contribution is -2.47. The molecule has 0 radical (unpaired) electrons. The van der Waals surface area contributed by atoms with Crippen LogP contribution in [-0.4, -0.2) is 39.4 Å².